The predicted octanol–water partition coefficient (Wildman–Crippen LogP) is 1.28. The fourth-order valence-electron chi connectivity index (χ4n) is 2.85. The summed E-state index contributed by atoms with van der Waals surface area (Å²) in [6.45, 7) is 0.470. The van der Waals surface area contributed by atoms with E-state index in [0.717, 1.165) is 30.6 Å². The number of methoxy groups -OCH3 is 1. The molecule has 1 aromatic rings. The standard InChI is InChI=1S/C13H20N2O4S2/c1-15(10-5-3-4-9(10)8-14)21(17,18)11-6-7-20-12(11)13(16)19-2/h6-7,9-10H,3-5,8,14H2,1-2H3. The van der Waals surface area contributed by atoms with E-state index in [2.05, 4.69) is 4.74 Å². The van der Waals surface area contributed by atoms with Gasteiger partial charge in [-0.1, -0.05) is 6.42 Å². The van der Waals surface area contributed by atoms with Crippen molar-refractivity contribution in [1.82, 2.24) is 4.31 Å². The molecule has 1 fully saturated rings. The van der Waals surface area contributed by atoms with Gasteiger partial charge in [-0.2, -0.15) is 4.31 Å². The molecule has 118 valence electrons. The number of rotatable bonds is 5. The van der Waals surface area contributed by atoms with Crippen molar-refractivity contribution in [2.24, 2.45) is 11.7 Å². The monoisotopic (exact) mass is 332 g/mol. The first-order valence-corrected chi connectivity index (χ1v) is 9.09. The van der Waals surface area contributed by atoms with Gasteiger partial charge in [-0.15, -0.1) is 11.3 Å². The van der Waals surface area contributed by atoms with Gasteiger partial charge in [0.05, 0.1) is 7.11 Å². The molecule has 1 heterocycles. The third-order valence-corrected chi connectivity index (χ3v) is 6.99. The topological polar surface area (TPSA) is 89.7 Å². The Bertz CT molecular complexity index is 611. The summed E-state index contributed by atoms with van der Waals surface area (Å²) in [5.41, 5.74) is 5.73. The van der Waals surface area contributed by atoms with Crippen LogP contribution in [0, 0.1) is 5.92 Å². The van der Waals surface area contributed by atoms with Gasteiger partial charge in [0.2, 0.25) is 10.0 Å². The maximum atomic E-state index is 12.8. The number of nitrogens with two attached hydrogens (primary N) is 1. The van der Waals surface area contributed by atoms with Gasteiger partial charge in [0, 0.05) is 13.1 Å². The summed E-state index contributed by atoms with van der Waals surface area (Å²) in [5, 5.41) is 1.59. The minimum Gasteiger partial charge on any atom is -0.465 e. The van der Waals surface area contributed by atoms with Crippen molar-refractivity contribution in [3.63, 3.8) is 0 Å². The zero-order chi connectivity index (χ0) is 15.6. The van der Waals surface area contributed by atoms with E-state index in [4.69, 9.17) is 5.73 Å². The largest absolute Gasteiger partial charge is 0.465 e. The van der Waals surface area contributed by atoms with Crippen LogP contribution in [0.5, 0.6) is 0 Å². The van der Waals surface area contributed by atoms with Crippen LogP contribution in [0.25, 0.3) is 0 Å². The molecule has 1 aliphatic rings. The average Bonchev–Trinajstić information content (AvgIpc) is 3.13. The lowest BCUT2D eigenvalue weighted by Crippen LogP contribution is -2.41. The summed E-state index contributed by atoms with van der Waals surface area (Å²) in [7, 11) is -0.919. The van der Waals surface area contributed by atoms with Crippen molar-refractivity contribution in [2.75, 3.05) is 20.7 Å². The first-order valence-electron chi connectivity index (χ1n) is 6.77. The van der Waals surface area contributed by atoms with E-state index >= 15 is 0 Å². The number of ether oxygens (including phenoxy) is 1. The summed E-state index contributed by atoms with van der Waals surface area (Å²) in [4.78, 5) is 11.8. The molecule has 0 radical (unpaired) electrons. The molecule has 0 spiro atoms. The highest BCUT2D eigenvalue weighted by Crippen LogP contribution is 2.33. The molecule has 21 heavy (non-hydrogen) atoms. The van der Waals surface area contributed by atoms with Crippen molar-refractivity contribution in [1.29, 1.82) is 0 Å². The second-order valence-electron chi connectivity index (χ2n) is 5.12. The van der Waals surface area contributed by atoms with E-state index in [1.54, 1.807) is 12.4 Å². The predicted molar refractivity (Wildman–Crippen MR) is 80.8 cm³/mol. The molecule has 8 heteroatoms. The molecule has 1 aromatic heterocycles. The van der Waals surface area contributed by atoms with Gasteiger partial charge in [0.1, 0.15) is 9.77 Å². The number of hydrogen-bond donors (Lipinski definition) is 1. The van der Waals surface area contributed by atoms with Gasteiger partial charge in [-0.3, -0.25) is 0 Å². The SMILES string of the molecule is COC(=O)c1sccc1S(=O)(=O)N(C)C1CCCC1CN. The zero-order valence-corrected chi connectivity index (χ0v) is 13.7. The van der Waals surface area contributed by atoms with Gasteiger partial charge in [-0.25, -0.2) is 13.2 Å². The van der Waals surface area contributed by atoms with Crippen LogP contribution in [-0.4, -0.2) is 45.4 Å². The molecule has 2 atom stereocenters. The second kappa shape index (κ2) is 6.43. The van der Waals surface area contributed by atoms with Gasteiger partial charge in [0.15, 0.2) is 0 Å². The average molecular weight is 332 g/mol. The van der Waals surface area contributed by atoms with Crippen molar-refractivity contribution >= 4 is 27.3 Å². The minimum atomic E-state index is -3.72. The van der Waals surface area contributed by atoms with E-state index < -0.39 is 16.0 Å². The summed E-state index contributed by atoms with van der Waals surface area (Å²) in [6.07, 6.45) is 2.71. The van der Waals surface area contributed by atoms with Crippen molar-refractivity contribution in [3.05, 3.63) is 16.3 Å². The maximum Gasteiger partial charge on any atom is 0.349 e. The number of carbonyl (C=O) groups excluding carboxylic acids is 1. The fraction of sp³-hybridized carbons (Fsp3) is 0.615. The highest BCUT2D eigenvalue weighted by Gasteiger charge is 2.37. The van der Waals surface area contributed by atoms with Crippen LogP contribution in [0.1, 0.15) is 28.9 Å². The van der Waals surface area contributed by atoms with Gasteiger partial charge < -0.3 is 10.5 Å². The molecule has 0 bridgehead atoms. The van der Waals surface area contributed by atoms with E-state index in [9.17, 15) is 13.2 Å². The summed E-state index contributed by atoms with van der Waals surface area (Å²) < 4.78 is 31.5. The third kappa shape index (κ3) is 2.98. The van der Waals surface area contributed by atoms with Crippen molar-refractivity contribution in [3.8, 4) is 0 Å². The van der Waals surface area contributed by atoms with Gasteiger partial charge in [-0.05, 0) is 36.8 Å². The van der Waals surface area contributed by atoms with Crippen LogP contribution in [0.3, 0.4) is 0 Å². The molecular formula is C13H20N2O4S2. The highest BCUT2D eigenvalue weighted by atomic mass is 32.2. The lowest BCUT2D eigenvalue weighted by Gasteiger charge is -2.28. The number of esters is 1. The van der Waals surface area contributed by atoms with Gasteiger partial charge in [0.25, 0.3) is 0 Å². The molecule has 2 N–H and O–H groups in total. The van der Waals surface area contributed by atoms with Gasteiger partial charge >= 0.3 is 5.97 Å². The molecule has 2 unspecified atom stereocenters. The first-order chi connectivity index (χ1) is 9.93. The highest BCUT2D eigenvalue weighted by molar-refractivity contribution is 7.89. The van der Waals surface area contributed by atoms with E-state index in [1.165, 1.54) is 17.5 Å². The molecular weight excluding hydrogens is 312 g/mol. The summed E-state index contributed by atoms with van der Waals surface area (Å²) in [5.74, 6) is -0.455. The Kier molecular flexibility index (Phi) is 5.03. The quantitative estimate of drug-likeness (QED) is 0.821. The van der Waals surface area contributed by atoms with E-state index in [1.807, 2.05) is 0 Å². The van der Waals surface area contributed by atoms with Crippen molar-refractivity contribution in [2.45, 2.75) is 30.2 Å². The normalized spacial score (nSPS) is 22.7. The van der Waals surface area contributed by atoms with Crippen LogP contribution in [0.4, 0.5) is 0 Å². The zero-order valence-electron chi connectivity index (χ0n) is 12.1. The number of thiophene rings is 1. The van der Waals surface area contributed by atoms with E-state index in [-0.39, 0.29) is 21.7 Å². The van der Waals surface area contributed by atoms with Crippen LogP contribution >= 0.6 is 11.3 Å². The number of nitrogens with zero attached hydrogens (tertiary/aromatic N) is 1. The molecule has 0 aliphatic heterocycles. The van der Waals surface area contributed by atoms with Crippen LogP contribution in [0.2, 0.25) is 0 Å². The lowest BCUT2D eigenvalue weighted by atomic mass is 10.0. The molecule has 2 rings (SSSR count). The third-order valence-electron chi connectivity index (χ3n) is 4.05. The molecule has 0 saturated heterocycles. The molecule has 0 aromatic carbocycles. The molecule has 0 amide bonds. The Morgan fingerprint density at radius 2 is 2.24 bits per heavy atom. The first kappa shape index (κ1) is 16.4. The Labute approximate surface area is 128 Å². The summed E-state index contributed by atoms with van der Waals surface area (Å²) in [6, 6.07) is 1.35. The Balaban J connectivity index is 2.34. The van der Waals surface area contributed by atoms with E-state index in [0.29, 0.717) is 6.54 Å². The molecule has 6 nitrogen and oxygen atoms in total. The fourth-order valence-corrected chi connectivity index (χ4v) is 5.60. The van der Waals surface area contributed by atoms with Crippen molar-refractivity contribution < 1.29 is 17.9 Å². The lowest BCUT2D eigenvalue weighted by molar-refractivity contribution is 0.0602. The number of sulfonamides is 1. The maximum absolute atomic E-state index is 12.8. The smallest absolute Gasteiger partial charge is 0.349 e. The van der Waals surface area contributed by atoms with Crippen LogP contribution < -0.4 is 5.73 Å². The number of hydrogen-bond acceptors (Lipinski definition) is 6. The van der Waals surface area contributed by atoms with Crippen LogP contribution in [0.15, 0.2) is 16.3 Å². The Morgan fingerprint density at radius 1 is 1.52 bits per heavy atom. The Morgan fingerprint density at radius 3 is 2.86 bits per heavy atom. The Hall–Kier alpha value is -0.960. The molecule has 1 saturated carbocycles. The number of carbonyl (C=O) groups is 1. The molecule has 1 aliphatic carbocycles. The van der Waals surface area contributed by atoms with Crippen LogP contribution in [-0.2, 0) is 14.8 Å². The minimum absolute atomic E-state index is 0.0181. The second-order valence-corrected chi connectivity index (χ2v) is 8.00. The summed E-state index contributed by atoms with van der Waals surface area (Å²) >= 11 is 1.07.